The van der Waals surface area contributed by atoms with Gasteiger partial charge in [-0.2, -0.15) is 0 Å². The normalized spacial score (nSPS) is 19.6. The molecule has 2 N–H and O–H groups in total. The molecule has 1 aromatic carbocycles. The second-order valence-corrected chi connectivity index (χ2v) is 4.37. The summed E-state index contributed by atoms with van der Waals surface area (Å²) in [5, 5.41) is 0. The molecule has 0 aromatic heterocycles. The van der Waals surface area contributed by atoms with E-state index in [0.717, 1.165) is 19.4 Å². The lowest BCUT2D eigenvalue weighted by Crippen LogP contribution is -2.30. The average molecular weight is 234 g/mol. The second-order valence-electron chi connectivity index (χ2n) is 4.37. The molecule has 1 atom stereocenters. The first kappa shape index (κ1) is 12.1. The number of hydrogen-bond acceptors (Lipinski definition) is 3. The topological polar surface area (TPSA) is 55.6 Å². The van der Waals surface area contributed by atoms with Gasteiger partial charge in [0.15, 0.2) is 0 Å². The largest absolute Gasteiger partial charge is 0.340 e. The third-order valence-corrected chi connectivity index (χ3v) is 3.16. The zero-order valence-electron chi connectivity index (χ0n) is 9.84. The summed E-state index contributed by atoms with van der Waals surface area (Å²) in [6, 6.07) is 10.1. The van der Waals surface area contributed by atoms with E-state index >= 15 is 0 Å². The van der Waals surface area contributed by atoms with Crippen molar-refractivity contribution in [1.29, 1.82) is 0 Å². The van der Waals surface area contributed by atoms with Crippen LogP contribution in [0.25, 0.3) is 0 Å². The molecule has 1 heterocycles. The highest BCUT2D eigenvalue weighted by Crippen LogP contribution is 2.13. The van der Waals surface area contributed by atoms with Gasteiger partial charge in [0.1, 0.15) is 0 Å². The summed E-state index contributed by atoms with van der Waals surface area (Å²) >= 11 is 0. The number of carbonyl (C=O) groups excluding carboxylic acids is 1. The van der Waals surface area contributed by atoms with Crippen LogP contribution in [0.1, 0.15) is 18.4 Å². The van der Waals surface area contributed by atoms with E-state index in [4.69, 9.17) is 10.7 Å². The fourth-order valence-corrected chi connectivity index (χ4v) is 2.12. The standard InChI is InChI=1S/C13H18N2O2/c14-17-12-8-9-15(10-12)13(16)7-6-11-4-2-1-3-5-11/h1-5,12H,6-10,14H2. The first-order valence-corrected chi connectivity index (χ1v) is 5.97. The molecular weight excluding hydrogens is 216 g/mol. The number of nitrogens with two attached hydrogens (primary N) is 1. The van der Waals surface area contributed by atoms with Crippen molar-refractivity contribution in [3.8, 4) is 0 Å². The average Bonchev–Trinajstić information content (AvgIpc) is 2.86. The molecule has 1 unspecified atom stereocenters. The van der Waals surface area contributed by atoms with Crippen LogP contribution >= 0.6 is 0 Å². The van der Waals surface area contributed by atoms with Crippen LogP contribution in [-0.4, -0.2) is 30.0 Å². The number of nitrogens with zero attached hydrogens (tertiary/aromatic N) is 1. The van der Waals surface area contributed by atoms with Gasteiger partial charge in [-0.15, -0.1) is 0 Å². The summed E-state index contributed by atoms with van der Waals surface area (Å²) in [5.41, 5.74) is 1.20. The third-order valence-electron chi connectivity index (χ3n) is 3.16. The van der Waals surface area contributed by atoms with Gasteiger partial charge in [-0.1, -0.05) is 30.3 Å². The van der Waals surface area contributed by atoms with Crippen LogP contribution in [0.15, 0.2) is 30.3 Å². The molecule has 0 bridgehead atoms. The van der Waals surface area contributed by atoms with E-state index in [2.05, 4.69) is 0 Å². The van der Waals surface area contributed by atoms with Crippen LogP contribution in [0.2, 0.25) is 0 Å². The minimum Gasteiger partial charge on any atom is -0.340 e. The molecule has 4 heteroatoms. The van der Waals surface area contributed by atoms with Crippen molar-refractivity contribution < 1.29 is 9.63 Å². The Labute approximate surface area is 101 Å². The van der Waals surface area contributed by atoms with Crippen molar-refractivity contribution in [3.05, 3.63) is 35.9 Å². The van der Waals surface area contributed by atoms with E-state index in [9.17, 15) is 4.79 Å². The zero-order valence-corrected chi connectivity index (χ0v) is 9.84. The fourth-order valence-electron chi connectivity index (χ4n) is 2.12. The lowest BCUT2D eigenvalue weighted by molar-refractivity contribution is -0.130. The zero-order chi connectivity index (χ0) is 12.1. The summed E-state index contributed by atoms with van der Waals surface area (Å²) in [6.45, 7) is 1.39. The molecule has 0 spiro atoms. The van der Waals surface area contributed by atoms with E-state index in [1.165, 1.54) is 5.56 Å². The molecule has 0 aliphatic carbocycles. The quantitative estimate of drug-likeness (QED) is 0.794. The Morgan fingerprint density at radius 1 is 1.41 bits per heavy atom. The minimum atomic E-state index is 0.00988. The highest BCUT2D eigenvalue weighted by atomic mass is 16.6. The number of likely N-dealkylation sites (tertiary alicyclic amines) is 1. The monoisotopic (exact) mass is 234 g/mol. The van der Waals surface area contributed by atoms with Gasteiger partial charge in [0.25, 0.3) is 0 Å². The highest BCUT2D eigenvalue weighted by Gasteiger charge is 2.25. The van der Waals surface area contributed by atoms with E-state index < -0.39 is 0 Å². The highest BCUT2D eigenvalue weighted by molar-refractivity contribution is 5.76. The Kier molecular flexibility index (Phi) is 4.12. The Morgan fingerprint density at radius 3 is 2.82 bits per heavy atom. The van der Waals surface area contributed by atoms with Crippen LogP contribution in [0, 0.1) is 0 Å². The smallest absolute Gasteiger partial charge is 0.222 e. The number of amides is 1. The first-order chi connectivity index (χ1) is 8.29. The first-order valence-electron chi connectivity index (χ1n) is 5.97. The van der Waals surface area contributed by atoms with Crippen molar-refractivity contribution in [1.82, 2.24) is 4.90 Å². The number of hydrogen-bond donors (Lipinski definition) is 1. The summed E-state index contributed by atoms with van der Waals surface area (Å²) in [5.74, 6) is 5.31. The molecule has 0 radical (unpaired) electrons. The maximum Gasteiger partial charge on any atom is 0.222 e. The van der Waals surface area contributed by atoms with Crippen LogP contribution < -0.4 is 5.90 Å². The van der Waals surface area contributed by atoms with Gasteiger partial charge in [0.2, 0.25) is 5.91 Å². The lowest BCUT2D eigenvalue weighted by Gasteiger charge is -2.15. The molecule has 0 saturated carbocycles. The van der Waals surface area contributed by atoms with Crippen molar-refractivity contribution in [2.75, 3.05) is 13.1 Å². The Morgan fingerprint density at radius 2 is 2.18 bits per heavy atom. The third kappa shape index (κ3) is 3.28. The predicted octanol–water partition coefficient (Wildman–Crippen LogP) is 1.11. The van der Waals surface area contributed by atoms with E-state index in [-0.39, 0.29) is 12.0 Å². The van der Waals surface area contributed by atoms with Gasteiger partial charge in [-0.3, -0.25) is 9.63 Å². The maximum absolute atomic E-state index is 11.9. The molecule has 17 heavy (non-hydrogen) atoms. The Balaban J connectivity index is 1.78. The van der Waals surface area contributed by atoms with Crippen LogP contribution in [0.3, 0.4) is 0 Å². The number of carbonyl (C=O) groups is 1. The minimum absolute atomic E-state index is 0.00988. The van der Waals surface area contributed by atoms with Crippen molar-refractivity contribution in [2.24, 2.45) is 5.90 Å². The molecule has 2 rings (SSSR count). The molecule has 1 aliphatic heterocycles. The molecule has 1 fully saturated rings. The Hall–Kier alpha value is -1.39. The van der Waals surface area contributed by atoms with Crippen LogP contribution in [0.5, 0.6) is 0 Å². The second kappa shape index (κ2) is 5.80. The molecule has 1 saturated heterocycles. The van der Waals surface area contributed by atoms with E-state index in [1.807, 2.05) is 35.2 Å². The van der Waals surface area contributed by atoms with Gasteiger partial charge in [0, 0.05) is 19.5 Å². The van der Waals surface area contributed by atoms with Gasteiger partial charge in [0.05, 0.1) is 6.10 Å². The lowest BCUT2D eigenvalue weighted by atomic mass is 10.1. The number of benzene rings is 1. The Bertz CT molecular complexity index is 367. The van der Waals surface area contributed by atoms with Gasteiger partial charge < -0.3 is 4.90 Å². The SMILES string of the molecule is NOC1CCN(C(=O)CCc2ccccc2)C1. The molecule has 1 aliphatic rings. The van der Waals surface area contributed by atoms with Crippen molar-refractivity contribution in [2.45, 2.75) is 25.4 Å². The van der Waals surface area contributed by atoms with Crippen molar-refractivity contribution in [3.63, 3.8) is 0 Å². The maximum atomic E-state index is 11.9. The molecular formula is C13H18N2O2. The van der Waals surface area contributed by atoms with Crippen LogP contribution in [-0.2, 0) is 16.1 Å². The van der Waals surface area contributed by atoms with E-state index in [0.29, 0.717) is 13.0 Å². The molecule has 1 aromatic rings. The number of rotatable bonds is 4. The summed E-state index contributed by atoms with van der Waals surface area (Å²) in [7, 11) is 0. The van der Waals surface area contributed by atoms with Gasteiger partial charge >= 0.3 is 0 Å². The predicted molar refractivity (Wildman–Crippen MR) is 65.0 cm³/mol. The summed E-state index contributed by atoms with van der Waals surface area (Å²) in [4.78, 5) is 18.5. The van der Waals surface area contributed by atoms with E-state index in [1.54, 1.807) is 0 Å². The molecule has 1 amide bonds. The summed E-state index contributed by atoms with van der Waals surface area (Å²) < 4.78 is 0. The fraction of sp³-hybridized carbons (Fsp3) is 0.462. The van der Waals surface area contributed by atoms with Gasteiger partial charge in [-0.05, 0) is 18.4 Å². The summed E-state index contributed by atoms with van der Waals surface area (Å²) in [6.07, 6.45) is 2.20. The molecule has 92 valence electrons. The number of aryl methyl sites for hydroxylation is 1. The van der Waals surface area contributed by atoms with Gasteiger partial charge in [-0.25, -0.2) is 5.90 Å². The molecule has 4 nitrogen and oxygen atoms in total. The van der Waals surface area contributed by atoms with Crippen LogP contribution in [0.4, 0.5) is 0 Å². The van der Waals surface area contributed by atoms with Crippen molar-refractivity contribution >= 4 is 5.91 Å².